The molecule has 12 heavy (non-hydrogen) atoms. The number of nitrogens with zero attached hydrogens (tertiary/aromatic N) is 2. The summed E-state index contributed by atoms with van der Waals surface area (Å²) < 4.78 is 1.70. The lowest BCUT2D eigenvalue weighted by atomic mass is 10.4. The van der Waals surface area contributed by atoms with Gasteiger partial charge in [-0.25, -0.2) is 4.52 Å². The molecule has 0 aromatic carbocycles. The number of carbonyl (C=O) groups excluding carboxylic acids is 1. The number of pyridine rings is 1. The minimum absolute atomic E-state index is 0.566. The molecular formula is C8H7N3O. The largest absolute Gasteiger partial charge is 0.312 e. The summed E-state index contributed by atoms with van der Waals surface area (Å²) in [4.78, 5) is 10.1. The average molecular weight is 161 g/mol. The molecule has 2 aromatic heterocycles. The number of aromatic nitrogens is 2. The van der Waals surface area contributed by atoms with Crippen molar-refractivity contribution >= 4 is 17.7 Å². The van der Waals surface area contributed by atoms with Crippen LogP contribution in [0.15, 0.2) is 30.5 Å². The van der Waals surface area contributed by atoms with Crippen LogP contribution in [-0.4, -0.2) is 16.0 Å². The van der Waals surface area contributed by atoms with Gasteiger partial charge in [-0.05, 0) is 12.1 Å². The fourth-order valence-electron chi connectivity index (χ4n) is 1.07. The molecule has 0 spiro atoms. The second-order valence-corrected chi connectivity index (χ2v) is 2.36. The number of fused-ring (bicyclic) bond motifs is 1. The highest BCUT2D eigenvalue weighted by molar-refractivity contribution is 5.71. The first kappa shape index (κ1) is 6.84. The lowest BCUT2D eigenvalue weighted by molar-refractivity contribution is -0.105. The van der Waals surface area contributed by atoms with Gasteiger partial charge in [0.25, 0.3) is 0 Å². The van der Waals surface area contributed by atoms with Crippen molar-refractivity contribution < 1.29 is 4.79 Å². The van der Waals surface area contributed by atoms with E-state index in [1.807, 2.05) is 24.4 Å². The summed E-state index contributed by atoms with van der Waals surface area (Å²) in [6, 6.07) is 7.52. The Morgan fingerprint density at radius 3 is 3.17 bits per heavy atom. The third-order valence-corrected chi connectivity index (χ3v) is 1.58. The van der Waals surface area contributed by atoms with E-state index in [0.29, 0.717) is 12.2 Å². The maximum Gasteiger partial charge on any atom is 0.212 e. The van der Waals surface area contributed by atoms with Gasteiger partial charge in [0.2, 0.25) is 6.41 Å². The van der Waals surface area contributed by atoms with E-state index in [9.17, 15) is 4.79 Å². The molecule has 2 heterocycles. The first-order valence-corrected chi connectivity index (χ1v) is 3.55. The van der Waals surface area contributed by atoms with Gasteiger partial charge >= 0.3 is 0 Å². The fourth-order valence-corrected chi connectivity index (χ4v) is 1.07. The summed E-state index contributed by atoms with van der Waals surface area (Å²) in [5, 5.41) is 6.56. The highest BCUT2D eigenvalue weighted by Gasteiger charge is 1.97. The van der Waals surface area contributed by atoms with Crippen molar-refractivity contribution in [2.75, 3.05) is 5.32 Å². The van der Waals surface area contributed by atoms with Gasteiger partial charge in [0.15, 0.2) is 5.82 Å². The number of hydrogen-bond acceptors (Lipinski definition) is 2. The Balaban J connectivity index is 2.54. The second-order valence-electron chi connectivity index (χ2n) is 2.36. The minimum Gasteiger partial charge on any atom is -0.312 e. The molecule has 0 fully saturated rings. The second kappa shape index (κ2) is 2.65. The van der Waals surface area contributed by atoms with E-state index in [4.69, 9.17) is 0 Å². The summed E-state index contributed by atoms with van der Waals surface area (Å²) >= 11 is 0. The van der Waals surface area contributed by atoms with Gasteiger partial charge < -0.3 is 5.32 Å². The predicted molar refractivity (Wildman–Crippen MR) is 44.9 cm³/mol. The molecule has 0 aliphatic carbocycles. The third kappa shape index (κ3) is 1.03. The van der Waals surface area contributed by atoms with Crippen LogP contribution in [0.5, 0.6) is 0 Å². The topological polar surface area (TPSA) is 46.4 Å². The Kier molecular flexibility index (Phi) is 1.51. The summed E-state index contributed by atoms with van der Waals surface area (Å²) in [5.74, 6) is 0.566. The molecule has 0 saturated carbocycles. The van der Waals surface area contributed by atoms with Gasteiger partial charge in [-0.1, -0.05) is 6.07 Å². The van der Waals surface area contributed by atoms with Gasteiger partial charge in [0.05, 0.1) is 5.52 Å². The van der Waals surface area contributed by atoms with E-state index in [1.165, 1.54) is 0 Å². The molecule has 0 aliphatic heterocycles. The summed E-state index contributed by atoms with van der Waals surface area (Å²) in [7, 11) is 0. The summed E-state index contributed by atoms with van der Waals surface area (Å²) in [6.07, 6.45) is 2.44. The van der Waals surface area contributed by atoms with Gasteiger partial charge in [0, 0.05) is 12.3 Å². The zero-order chi connectivity index (χ0) is 8.39. The van der Waals surface area contributed by atoms with Crippen LogP contribution in [-0.2, 0) is 4.79 Å². The van der Waals surface area contributed by atoms with E-state index in [0.717, 1.165) is 5.52 Å². The summed E-state index contributed by atoms with van der Waals surface area (Å²) in [5.41, 5.74) is 0.960. The van der Waals surface area contributed by atoms with E-state index < -0.39 is 0 Å². The highest BCUT2D eigenvalue weighted by atomic mass is 16.1. The van der Waals surface area contributed by atoms with Crippen LogP contribution in [0.4, 0.5) is 5.82 Å². The Labute approximate surface area is 68.8 Å². The zero-order valence-corrected chi connectivity index (χ0v) is 6.27. The predicted octanol–water partition coefficient (Wildman–Crippen LogP) is 0.903. The van der Waals surface area contributed by atoms with Crippen LogP contribution in [0, 0.1) is 0 Å². The van der Waals surface area contributed by atoms with Crippen molar-refractivity contribution in [1.82, 2.24) is 9.61 Å². The van der Waals surface area contributed by atoms with Crippen LogP contribution in [0.25, 0.3) is 5.52 Å². The zero-order valence-electron chi connectivity index (χ0n) is 6.27. The molecule has 0 atom stereocenters. The van der Waals surface area contributed by atoms with Gasteiger partial charge in [-0.2, -0.15) is 5.10 Å². The third-order valence-electron chi connectivity index (χ3n) is 1.58. The maximum atomic E-state index is 10.1. The normalized spacial score (nSPS) is 10.0. The van der Waals surface area contributed by atoms with E-state index >= 15 is 0 Å². The van der Waals surface area contributed by atoms with E-state index in [1.54, 1.807) is 10.6 Å². The standard InChI is InChI=1S/C8H7N3O/c12-6-9-8-5-7-3-1-2-4-11(7)10-8/h1-6H,(H,9,10,12). The van der Waals surface area contributed by atoms with Crippen LogP contribution in [0.1, 0.15) is 0 Å². The Hall–Kier alpha value is -1.84. The van der Waals surface area contributed by atoms with Crippen molar-refractivity contribution in [1.29, 1.82) is 0 Å². The van der Waals surface area contributed by atoms with E-state index in [2.05, 4.69) is 10.4 Å². The molecule has 0 bridgehead atoms. The molecule has 2 aromatic rings. The molecule has 4 nitrogen and oxygen atoms in total. The number of nitrogens with one attached hydrogen (secondary N) is 1. The molecular weight excluding hydrogens is 154 g/mol. The monoisotopic (exact) mass is 161 g/mol. The Morgan fingerprint density at radius 1 is 1.50 bits per heavy atom. The first-order chi connectivity index (χ1) is 5.90. The number of rotatable bonds is 2. The van der Waals surface area contributed by atoms with E-state index in [-0.39, 0.29) is 0 Å². The van der Waals surface area contributed by atoms with Gasteiger partial charge in [-0.3, -0.25) is 4.79 Å². The fraction of sp³-hybridized carbons (Fsp3) is 0. The molecule has 0 aliphatic rings. The molecule has 2 rings (SSSR count). The lowest BCUT2D eigenvalue weighted by Crippen LogP contribution is -1.94. The highest BCUT2D eigenvalue weighted by Crippen LogP contribution is 2.08. The van der Waals surface area contributed by atoms with Crippen LogP contribution >= 0.6 is 0 Å². The number of amides is 1. The molecule has 4 heteroatoms. The summed E-state index contributed by atoms with van der Waals surface area (Å²) in [6.45, 7) is 0. The van der Waals surface area contributed by atoms with Crippen LogP contribution in [0.2, 0.25) is 0 Å². The van der Waals surface area contributed by atoms with Crippen molar-refractivity contribution in [3.8, 4) is 0 Å². The molecule has 0 unspecified atom stereocenters. The average Bonchev–Trinajstić information content (AvgIpc) is 2.47. The van der Waals surface area contributed by atoms with Crippen molar-refractivity contribution in [2.45, 2.75) is 0 Å². The van der Waals surface area contributed by atoms with Crippen molar-refractivity contribution in [3.05, 3.63) is 30.5 Å². The minimum atomic E-state index is 0.566. The number of carbonyl (C=O) groups is 1. The van der Waals surface area contributed by atoms with Crippen molar-refractivity contribution in [2.24, 2.45) is 0 Å². The quantitative estimate of drug-likeness (QED) is 0.665. The van der Waals surface area contributed by atoms with Crippen LogP contribution in [0.3, 0.4) is 0 Å². The first-order valence-electron chi connectivity index (χ1n) is 3.55. The molecule has 60 valence electrons. The number of anilines is 1. The molecule has 0 saturated heterocycles. The maximum absolute atomic E-state index is 10.1. The van der Waals surface area contributed by atoms with Gasteiger partial charge in [-0.15, -0.1) is 0 Å². The smallest absolute Gasteiger partial charge is 0.212 e. The Morgan fingerprint density at radius 2 is 2.42 bits per heavy atom. The SMILES string of the molecule is O=CNc1cc2ccccn2n1. The molecule has 1 N–H and O–H groups in total. The molecule has 1 amide bonds. The number of hydrogen-bond donors (Lipinski definition) is 1. The van der Waals surface area contributed by atoms with Crippen LogP contribution < -0.4 is 5.32 Å². The van der Waals surface area contributed by atoms with Crippen molar-refractivity contribution in [3.63, 3.8) is 0 Å². The van der Waals surface area contributed by atoms with Gasteiger partial charge in [0.1, 0.15) is 0 Å². The molecule has 0 radical (unpaired) electrons. The lowest BCUT2D eigenvalue weighted by Gasteiger charge is -1.87. The Bertz CT molecular complexity index is 374.